The SMILES string of the molecule is C=C(C#N)C(=O)NC[C@H]1CN(c2ccc(N3CCOCC3)c(F)c2)C(=O)O1. The molecule has 1 N–H and O–H groups in total. The minimum atomic E-state index is -0.619. The van der Waals surface area contributed by atoms with Crippen molar-refractivity contribution >= 4 is 23.4 Å². The number of carbonyl (C=O) groups is 2. The van der Waals surface area contributed by atoms with E-state index in [2.05, 4.69) is 11.9 Å². The molecule has 1 aromatic carbocycles. The summed E-state index contributed by atoms with van der Waals surface area (Å²) in [5.41, 5.74) is 0.621. The molecule has 0 aromatic heterocycles. The van der Waals surface area contributed by atoms with Crippen LogP contribution in [0, 0.1) is 17.1 Å². The molecule has 0 spiro atoms. The van der Waals surface area contributed by atoms with Crippen LogP contribution in [-0.4, -0.2) is 57.5 Å². The third-order valence-electron chi connectivity index (χ3n) is 4.37. The fourth-order valence-corrected chi connectivity index (χ4v) is 2.93. The van der Waals surface area contributed by atoms with Crippen molar-refractivity contribution in [1.29, 1.82) is 5.26 Å². The second-order valence-corrected chi connectivity index (χ2v) is 6.15. The molecule has 2 fully saturated rings. The van der Waals surface area contributed by atoms with E-state index >= 15 is 0 Å². The molecule has 2 aliphatic rings. The Hall–Kier alpha value is -3.12. The van der Waals surface area contributed by atoms with Crippen LogP contribution in [0.2, 0.25) is 0 Å². The Balaban J connectivity index is 1.63. The number of ether oxygens (including phenoxy) is 2. The van der Waals surface area contributed by atoms with Gasteiger partial charge in [0.2, 0.25) is 0 Å². The van der Waals surface area contributed by atoms with Crippen LogP contribution >= 0.6 is 0 Å². The van der Waals surface area contributed by atoms with Crippen molar-refractivity contribution in [3.63, 3.8) is 0 Å². The standard InChI is InChI=1S/C18H19FN4O4/c1-12(9-20)17(24)21-10-14-11-23(18(25)27-14)13-2-3-16(15(19)8-13)22-4-6-26-7-5-22/h2-3,8,14H,1,4-7,10-11H2,(H,21,24)/t14-/m0/s1. The zero-order valence-corrected chi connectivity index (χ0v) is 14.6. The summed E-state index contributed by atoms with van der Waals surface area (Å²) in [7, 11) is 0. The van der Waals surface area contributed by atoms with Crippen molar-refractivity contribution in [2.75, 3.05) is 49.2 Å². The van der Waals surface area contributed by atoms with Gasteiger partial charge in [-0.25, -0.2) is 9.18 Å². The average molecular weight is 374 g/mol. The van der Waals surface area contributed by atoms with Gasteiger partial charge in [-0.15, -0.1) is 0 Å². The molecule has 27 heavy (non-hydrogen) atoms. The Morgan fingerprint density at radius 2 is 2.15 bits per heavy atom. The Kier molecular flexibility index (Phi) is 5.57. The molecule has 0 bridgehead atoms. The molecule has 0 unspecified atom stereocenters. The second-order valence-electron chi connectivity index (χ2n) is 6.15. The van der Waals surface area contributed by atoms with Crippen LogP contribution in [0.5, 0.6) is 0 Å². The van der Waals surface area contributed by atoms with Crippen molar-refractivity contribution < 1.29 is 23.5 Å². The van der Waals surface area contributed by atoms with Gasteiger partial charge in [-0.1, -0.05) is 6.58 Å². The zero-order chi connectivity index (χ0) is 19.4. The zero-order valence-electron chi connectivity index (χ0n) is 14.6. The van der Waals surface area contributed by atoms with Crippen LogP contribution in [0.1, 0.15) is 0 Å². The average Bonchev–Trinajstić information content (AvgIpc) is 3.06. The van der Waals surface area contributed by atoms with E-state index in [0.717, 1.165) is 0 Å². The highest BCUT2D eigenvalue weighted by Gasteiger charge is 2.33. The maximum atomic E-state index is 14.5. The summed E-state index contributed by atoms with van der Waals surface area (Å²) in [5.74, 6) is -1.04. The molecule has 2 saturated heterocycles. The Labute approximate surface area is 155 Å². The minimum Gasteiger partial charge on any atom is -0.442 e. The topological polar surface area (TPSA) is 94.9 Å². The number of carbonyl (C=O) groups excluding carboxylic acids is 2. The lowest BCUT2D eigenvalue weighted by Gasteiger charge is -2.29. The Bertz CT molecular complexity index is 801. The van der Waals surface area contributed by atoms with Gasteiger partial charge in [0.25, 0.3) is 5.91 Å². The van der Waals surface area contributed by atoms with Crippen LogP contribution in [0.4, 0.5) is 20.6 Å². The number of morpholine rings is 1. The van der Waals surface area contributed by atoms with Gasteiger partial charge in [-0.2, -0.15) is 5.26 Å². The molecular weight excluding hydrogens is 355 g/mol. The highest BCUT2D eigenvalue weighted by atomic mass is 19.1. The molecule has 0 radical (unpaired) electrons. The van der Waals surface area contributed by atoms with Gasteiger partial charge >= 0.3 is 6.09 Å². The first-order valence-electron chi connectivity index (χ1n) is 8.47. The molecule has 0 saturated carbocycles. The number of cyclic esters (lactones) is 1. The summed E-state index contributed by atoms with van der Waals surface area (Å²) < 4.78 is 25.0. The number of nitriles is 1. The first-order valence-corrected chi connectivity index (χ1v) is 8.47. The van der Waals surface area contributed by atoms with E-state index in [1.165, 1.54) is 11.0 Å². The highest BCUT2D eigenvalue weighted by Crippen LogP contribution is 2.28. The van der Waals surface area contributed by atoms with Gasteiger partial charge in [-0.3, -0.25) is 9.69 Å². The van der Waals surface area contributed by atoms with Gasteiger partial charge in [0, 0.05) is 13.1 Å². The van der Waals surface area contributed by atoms with Gasteiger partial charge in [0.1, 0.15) is 23.6 Å². The lowest BCUT2D eigenvalue weighted by molar-refractivity contribution is -0.117. The summed E-state index contributed by atoms with van der Waals surface area (Å²) in [6, 6.07) is 6.23. The van der Waals surface area contributed by atoms with Crippen LogP contribution in [0.15, 0.2) is 30.4 Å². The number of rotatable bonds is 5. The number of benzene rings is 1. The van der Waals surface area contributed by atoms with Crippen molar-refractivity contribution in [3.8, 4) is 6.07 Å². The summed E-state index contributed by atoms with van der Waals surface area (Å²) in [6.07, 6.45) is -1.22. The maximum Gasteiger partial charge on any atom is 0.414 e. The lowest BCUT2D eigenvalue weighted by atomic mass is 10.2. The van der Waals surface area contributed by atoms with Gasteiger partial charge in [-0.05, 0) is 18.2 Å². The van der Waals surface area contributed by atoms with Crippen molar-refractivity contribution in [1.82, 2.24) is 5.32 Å². The normalized spacial score (nSPS) is 19.4. The van der Waals surface area contributed by atoms with E-state index in [0.29, 0.717) is 37.7 Å². The molecule has 0 aliphatic carbocycles. The number of hydrogen-bond donors (Lipinski definition) is 1. The van der Waals surface area contributed by atoms with Crippen LogP contribution in [0.25, 0.3) is 0 Å². The van der Waals surface area contributed by atoms with Crippen LogP contribution in [0.3, 0.4) is 0 Å². The predicted molar refractivity (Wildman–Crippen MR) is 94.8 cm³/mol. The molecule has 2 aliphatic heterocycles. The summed E-state index contributed by atoms with van der Waals surface area (Å²) >= 11 is 0. The molecular formula is C18H19FN4O4. The highest BCUT2D eigenvalue weighted by molar-refractivity contribution is 5.96. The minimum absolute atomic E-state index is 0.0378. The van der Waals surface area contributed by atoms with Gasteiger partial charge < -0.3 is 19.7 Å². The molecule has 8 nitrogen and oxygen atoms in total. The largest absolute Gasteiger partial charge is 0.442 e. The molecule has 3 rings (SSSR count). The third-order valence-corrected chi connectivity index (χ3v) is 4.37. The monoisotopic (exact) mass is 374 g/mol. The van der Waals surface area contributed by atoms with Crippen molar-refractivity contribution in [2.24, 2.45) is 0 Å². The Morgan fingerprint density at radius 3 is 2.81 bits per heavy atom. The van der Waals surface area contributed by atoms with E-state index in [4.69, 9.17) is 14.7 Å². The van der Waals surface area contributed by atoms with E-state index < -0.39 is 23.9 Å². The van der Waals surface area contributed by atoms with Crippen LogP contribution < -0.4 is 15.1 Å². The van der Waals surface area contributed by atoms with E-state index in [1.807, 2.05) is 4.90 Å². The lowest BCUT2D eigenvalue weighted by Crippen LogP contribution is -2.37. The summed E-state index contributed by atoms with van der Waals surface area (Å²) in [6.45, 7) is 5.82. The Morgan fingerprint density at radius 1 is 1.41 bits per heavy atom. The molecule has 1 atom stereocenters. The van der Waals surface area contributed by atoms with E-state index in [9.17, 15) is 14.0 Å². The van der Waals surface area contributed by atoms with Crippen molar-refractivity contribution in [3.05, 3.63) is 36.2 Å². The number of nitrogens with one attached hydrogen (secondary N) is 1. The number of nitrogens with zero attached hydrogens (tertiary/aromatic N) is 3. The number of hydrogen-bond acceptors (Lipinski definition) is 6. The van der Waals surface area contributed by atoms with Gasteiger partial charge in [0.05, 0.1) is 37.7 Å². The van der Waals surface area contributed by atoms with Crippen LogP contribution in [-0.2, 0) is 14.3 Å². The van der Waals surface area contributed by atoms with E-state index in [-0.39, 0.29) is 18.7 Å². The first kappa shape index (κ1) is 18.7. The third kappa shape index (κ3) is 4.17. The summed E-state index contributed by atoms with van der Waals surface area (Å²) in [4.78, 5) is 26.8. The molecule has 9 heteroatoms. The molecule has 2 heterocycles. The molecule has 1 aromatic rings. The van der Waals surface area contributed by atoms with Gasteiger partial charge in [0.15, 0.2) is 0 Å². The smallest absolute Gasteiger partial charge is 0.414 e. The first-order chi connectivity index (χ1) is 13.0. The second kappa shape index (κ2) is 8.05. The van der Waals surface area contributed by atoms with Crippen molar-refractivity contribution in [2.45, 2.75) is 6.10 Å². The fraction of sp³-hybridized carbons (Fsp3) is 0.389. The fourth-order valence-electron chi connectivity index (χ4n) is 2.93. The number of halogens is 1. The maximum absolute atomic E-state index is 14.5. The summed E-state index contributed by atoms with van der Waals surface area (Å²) in [5, 5.41) is 11.1. The number of amides is 2. The predicted octanol–water partition coefficient (Wildman–Crippen LogP) is 1.18. The molecule has 2 amide bonds. The quantitative estimate of drug-likeness (QED) is 0.614. The molecule has 142 valence electrons. The number of anilines is 2. The van der Waals surface area contributed by atoms with E-state index in [1.54, 1.807) is 18.2 Å².